The Morgan fingerprint density at radius 1 is 0.938 bits per heavy atom. The van der Waals surface area contributed by atoms with Gasteiger partial charge in [-0.2, -0.15) is 0 Å². The van der Waals surface area contributed by atoms with Crippen molar-refractivity contribution < 1.29 is 0 Å². The molecule has 1 fully saturated rings. The van der Waals surface area contributed by atoms with Crippen LogP contribution in [0.1, 0.15) is 79.1 Å². The summed E-state index contributed by atoms with van der Waals surface area (Å²) in [5.74, 6) is 0.819. The molecule has 1 heteroatoms. The smallest absolute Gasteiger partial charge is 0.0209 e. The summed E-state index contributed by atoms with van der Waals surface area (Å²) in [6, 6.07) is 0.673. The summed E-state index contributed by atoms with van der Waals surface area (Å²) in [6.45, 7) is 9.42. The predicted octanol–water partition coefficient (Wildman–Crippen LogP) is 4.51. The second-order valence-corrected chi connectivity index (χ2v) is 5.83. The maximum absolute atomic E-state index is 3.97. The van der Waals surface area contributed by atoms with Crippen LogP contribution in [0.2, 0.25) is 0 Å². The molecule has 1 aliphatic carbocycles. The van der Waals surface area contributed by atoms with Gasteiger partial charge >= 0.3 is 0 Å². The van der Waals surface area contributed by atoms with Crippen LogP contribution < -0.4 is 5.32 Å². The van der Waals surface area contributed by atoms with Gasteiger partial charge in [-0.3, -0.25) is 0 Å². The lowest BCUT2D eigenvalue weighted by Crippen LogP contribution is -2.53. The van der Waals surface area contributed by atoms with Crippen LogP contribution in [0.25, 0.3) is 0 Å². The quantitative estimate of drug-likeness (QED) is 0.679. The highest BCUT2D eigenvalue weighted by Gasteiger charge is 2.35. The summed E-state index contributed by atoms with van der Waals surface area (Å²) in [5.41, 5.74) is 0.445. The Morgan fingerprint density at radius 3 is 1.94 bits per heavy atom. The predicted molar refractivity (Wildman–Crippen MR) is 72.8 cm³/mol. The highest BCUT2D eigenvalue weighted by molar-refractivity contribution is 4.94. The van der Waals surface area contributed by atoms with E-state index in [4.69, 9.17) is 0 Å². The van der Waals surface area contributed by atoms with Crippen LogP contribution in [0.3, 0.4) is 0 Å². The molecule has 2 unspecified atom stereocenters. The fraction of sp³-hybridized carbons (Fsp3) is 1.00. The monoisotopic (exact) mass is 225 g/mol. The Bertz CT molecular complexity index is 180. The van der Waals surface area contributed by atoms with Crippen molar-refractivity contribution in [3.63, 3.8) is 0 Å². The normalized spacial score (nSPS) is 24.8. The number of rotatable bonds is 5. The molecule has 0 aromatic heterocycles. The van der Waals surface area contributed by atoms with Crippen LogP contribution in [0.4, 0.5) is 0 Å². The van der Waals surface area contributed by atoms with Gasteiger partial charge in [0.2, 0.25) is 0 Å². The van der Waals surface area contributed by atoms with Crippen molar-refractivity contribution in [2.24, 2.45) is 5.92 Å². The summed E-state index contributed by atoms with van der Waals surface area (Å²) in [6.07, 6.45) is 11.1. The number of nitrogens with one attached hydrogen (secondary N) is 1. The van der Waals surface area contributed by atoms with Crippen molar-refractivity contribution in [2.45, 2.75) is 90.6 Å². The SMILES string of the molecule is CCC(C)NC1(C(C)CC)CCCCCC1. The van der Waals surface area contributed by atoms with E-state index >= 15 is 0 Å². The average Bonchev–Trinajstić information content (AvgIpc) is 2.54. The Hall–Kier alpha value is -0.0400. The topological polar surface area (TPSA) is 12.0 Å². The Morgan fingerprint density at radius 2 is 1.50 bits per heavy atom. The van der Waals surface area contributed by atoms with Gasteiger partial charge in [0.15, 0.2) is 0 Å². The third-order valence-electron chi connectivity index (χ3n) is 4.70. The maximum atomic E-state index is 3.97. The highest BCUT2D eigenvalue weighted by atomic mass is 15.0. The largest absolute Gasteiger partial charge is 0.309 e. The molecular weight excluding hydrogens is 194 g/mol. The van der Waals surface area contributed by atoms with Gasteiger partial charge in [0.25, 0.3) is 0 Å². The van der Waals surface area contributed by atoms with E-state index in [0.717, 1.165) is 5.92 Å². The van der Waals surface area contributed by atoms with Crippen LogP contribution in [0.15, 0.2) is 0 Å². The van der Waals surface area contributed by atoms with Crippen LogP contribution >= 0.6 is 0 Å². The zero-order valence-electron chi connectivity index (χ0n) is 11.8. The molecule has 0 aromatic carbocycles. The molecule has 0 radical (unpaired) electrons. The molecule has 1 aliphatic rings. The van der Waals surface area contributed by atoms with Crippen molar-refractivity contribution in [3.8, 4) is 0 Å². The third kappa shape index (κ3) is 3.48. The molecule has 1 saturated carbocycles. The van der Waals surface area contributed by atoms with E-state index in [1.165, 1.54) is 51.4 Å². The minimum absolute atomic E-state index is 0.445. The summed E-state index contributed by atoms with van der Waals surface area (Å²) in [4.78, 5) is 0. The van der Waals surface area contributed by atoms with E-state index < -0.39 is 0 Å². The van der Waals surface area contributed by atoms with Crippen LogP contribution in [0.5, 0.6) is 0 Å². The molecule has 1 nitrogen and oxygen atoms in total. The first-order valence-electron chi connectivity index (χ1n) is 7.42. The summed E-state index contributed by atoms with van der Waals surface area (Å²) >= 11 is 0. The molecule has 0 bridgehead atoms. The van der Waals surface area contributed by atoms with Crippen molar-refractivity contribution in [1.29, 1.82) is 0 Å². The molecule has 0 amide bonds. The molecule has 0 saturated heterocycles. The fourth-order valence-electron chi connectivity index (χ4n) is 3.12. The molecule has 0 aliphatic heterocycles. The van der Waals surface area contributed by atoms with Gasteiger partial charge in [-0.05, 0) is 32.1 Å². The molecule has 2 atom stereocenters. The molecule has 0 heterocycles. The van der Waals surface area contributed by atoms with E-state index in [-0.39, 0.29) is 0 Å². The van der Waals surface area contributed by atoms with Gasteiger partial charge in [-0.25, -0.2) is 0 Å². The number of hydrogen-bond donors (Lipinski definition) is 1. The second-order valence-electron chi connectivity index (χ2n) is 5.83. The van der Waals surface area contributed by atoms with E-state index in [1.54, 1.807) is 0 Å². The zero-order valence-corrected chi connectivity index (χ0v) is 11.8. The zero-order chi connectivity index (χ0) is 12.0. The minimum Gasteiger partial charge on any atom is -0.309 e. The Balaban J connectivity index is 2.72. The van der Waals surface area contributed by atoms with Crippen LogP contribution in [-0.2, 0) is 0 Å². The standard InChI is InChI=1S/C15H31N/c1-5-13(3)15(16-14(4)6-2)11-9-7-8-10-12-15/h13-14,16H,5-12H2,1-4H3. The molecular formula is C15H31N. The van der Waals surface area contributed by atoms with Crippen molar-refractivity contribution in [1.82, 2.24) is 5.32 Å². The lowest BCUT2D eigenvalue weighted by Gasteiger charge is -2.42. The van der Waals surface area contributed by atoms with E-state index in [1.807, 2.05) is 0 Å². The van der Waals surface area contributed by atoms with Gasteiger partial charge < -0.3 is 5.32 Å². The van der Waals surface area contributed by atoms with Crippen molar-refractivity contribution in [3.05, 3.63) is 0 Å². The lowest BCUT2D eigenvalue weighted by molar-refractivity contribution is 0.168. The molecule has 1 rings (SSSR count). The van der Waals surface area contributed by atoms with E-state index in [2.05, 4.69) is 33.0 Å². The van der Waals surface area contributed by atoms with E-state index in [9.17, 15) is 0 Å². The Labute approximate surface area is 102 Å². The third-order valence-corrected chi connectivity index (χ3v) is 4.70. The number of hydrogen-bond acceptors (Lipinski definition) is 1. The molecule has 0 spiro atoms. The Kier molecular flexibility index (Phi) is 5.82. The van der Waals surface area contributed by atoms with Crippen molar-refractivity contribution in [2.75, 3.05) is 0 Å². The first-order chi connectivity index (χ1) is 7.64. The summed E-state index contributed by atoms with van der Waals surface area (Å²) in [5, 5.41) is 3.97. The maximum Gasteiger partial charge on any atom is 0.0209 e. The molecule has 0 aromatic rings. The molecule has 1 N–H and O–H groups in total. The van der Waals surface area contributed by atoms with Gasteiger partial charge in [0.05, 0.1) is 0 Å². The molecule has 96 valence electrons. The minimum atomic E-state index is 0.445. The van der Waals surface area contributed by atoms with Gasteiger partial charge in [-0.1, -0.05) is 52.9 Å². The fourth-order valence-corrected chi connectivity index (χ4v) is 3.12. The molecule has 16 heavy (non-hydrogen) atoms. The van der Waals surface area contributed by atoms with Crippen molar-refractivity contribution >= 4 is 0 Å². The van der Waals surface area contributed by atoms with Gasteiger partial charge in [0, 0.05) is 11.6 Å². The van der Waals surface area contributed by atoms with Gasteiger partial charge in [0.1, 0.15) is 0 Å². The van der Waals surface area contributed by atoms with Gasteiger partial charge in [-0.15, -0.1) is 0 Å². The van der Waals surface area contributed by atoms with Crippen LogP contribution in [-0.4, -0.2) is 11.6 Å². The van der Waals surface area contributed by atoms with Crippen LogP contribution in [0, 0.1) is 5.92 Å². The second kappa shape index (κ2) is 6.64. The average molecular weight is 225 g/mol. The summed E-state index contributed by atoms with van der Waals surface area (Å²) < 4.78 is 0. The first kappa shape index (κ1) is 14.0. The summed E-state index contributed by atoms with van der Waals surface area (Å²) in [7, 11) is 0. The lowest BCUT2D eigenvalue weighted by atomic mass is 9.77. The first-order valence-corrected chi connectivity index (χ1v) is 7.42. The highest BCUT2D eigenvalue weighted by Crippen LogP contribution is 2.35. The van der Waals surface area contributed by atoms with E-state index in [0.29, 0.717) is 11.6 Å².